The zero-order valence-corrected chi connectivity index (χ0v) is 18.0. The van der Waals surface area contributed by atoms with E-state index in [9.17, 15) is 5.11 Å². The number of aliphatic hydroxyl groups excluding tert-OH is 1. The molecule has 0 amide bonds. The smallest absolute Gasteiger partial charge is 0.122 e. The minimum Gasteiger partial charge on any atom is -0.491 e. The van der Waals surface area contributed by atoms with Gasteiger partial charge in [-0.05, 0) is 85.7 Å². The standard InChI is InChI=1S/C25H39NO2/c1-4-24(25-12-18-9-19(13-25)11-20(10-18)14-25)26-15-21(27)16-28-23-8-6-5-7-22(23)17(2)3/h5-8,17-21,24,26-27H,4,9-16H2,1-3H3/t18?,19?,20?,21-,24-,25?/m0/s1. The molecule has 0 radical (unpaired) electrons. The second kappa shape index (κ2) is 8.36. The fourth-order valence-corrected chi connectivity index (χ4v) is 7.01. The van der Waals surface area contributed by atoms with Crippen molar-refractivity contribution in [3.8, 4) is 5.75 Å². The summed E-state index contributed by atoms with van der Waals surface area (Å²) in [5.41, 5.74) is 1.71. The van der Waals surface area contributed by atoms with Crippen LogP contribution in [0.25, 0.3) is 0 Å². The number of para-hydroxylation sites is 1. The highest BCUT2D eigenvalue weighted by molar-refractivity contribution is 5.35. The molecule has 0 spiro atoms. The molecular weight excluding hydrogens is 346 g/mol. The first-order valence-corrected chi connectivity index (χ1v) is 11.6. The van der Waals surface area contributed by atoms with E-state index in [1.165, 1.54) is 44.1 Å². The van der Waals surface area contributed by atoms with Crippen LogP contribution in [0.1, 0.15) is 77.2 Å². The second-order valence-electron chi connectivity index (χ2n) is 10.3. The zero-order valence-electron chi connectivity index (χ0n) is 18.0. The predicted octanol–water partition coefficient (Wildman–Crippen LogP) is 5.13. The molecule has 1 aromatic rings. The van der Waals surface area contributed by atoms with Gasteiger partial charge in [0.1, 0.15) is 18.5 Å². The van der Waals surface area contributed by atoms with Gasteiger partial charge in [0, 0.05) is 12.6 Å². The Hall–Kier alpha value is -1.06. The lowest BCUT2D eigenvalue weighted by Crippen LogP contribution is -2.56. The molecule has 0 heterocycles. The molecule has 0 saturated heterocycles. The maximum absolute atomic E-state index is 10.6. The molecule has 3 heteroatoms. The van der Waals surface area contributed by atoms with Crippen LogP contribution in [0.4, 0.5) is 0 Å². The molecule has 0 unspecified atom stereocenters. The molecule has 156 valence electrons. The topological polar surface area (TPSA) is 41.5 Å². The third-order valence-corrected chi connectivity index (χ3v) is 7.81. The third-order valence-electron chi connectivity index (χ3n) is 7.81. The van der Waals surface area contributed by atoms with E-state index in [-0.39, 0.29) is 0 Å². The van der Waals surface area contributed by atoms with E-state index < -0.39 is 6.10 Å². The Balaban J connectivity index is 1.31. The molecule has 4 bridgehead atoms. The summed E-state index contributed by atoms with van der Waals surface area (Å²) in [4.78, 5) is 0. The van der Waals surface area contributed by atoms with E-state index in [0.717, 1.165) is 29.9 Å². The van der Waals surface area contributed by atoms with Crippen molar-refractivity contribution in [2.24, 2.45) is 23.2 Å². The van der Waals surface area contributed by atoms with Crippen molar-refractivity contribution in [1.82, 2.24) is 5.32 Å². The Morgan fingerprint density at radius 3 is 2.25 bits per heavy atom. The van der Waals surface area contributed by atoms with E-state index in [2.05, 4.69) is 38.2 Å². The minimum absolute atomic E-state index is 0.355. The van der Waals surface area contributed by atoms with Crippen LogP contribution in [0.2, 0.25) is 0 Å². The minimum atomic E-state index is -0.469. The quantitative estimate of drug-likeness (QED) is 0.619. The van der Waals surface area contributed by atoms with Crippen LogP contribution >= 0.6 is 0 Å². The Morgan fingerprint density at radius 1 is 1.07 bits per heavy atom. The summed E-state index contributed by atoms with van der Waals surface area (Å²) < 4.78 is 5.99. The molecule has 0 aliphatic heterocycles. The summed E-state index contributed by atoms with van der Waals surface area (Å²) in [6.45, 7) is 7.66. The van der Waals surface area contributed by atoms with Crippen LogP contribution in [0.5, 0.6) is 5.75 Å². The molecule has 2 atom stereocenters. The van der Waals surface area contributed by atoms with E-state index in [1.54, 1.807) is 0 Å². The first-order chi connectivity index (χ1) is 13.5. The molecule has 1 aromatic carbocycles. The largest absolute Gasteiger partial charge is 0.491 e. The second-order valence-corrected chi connectivity index (χ2v) is 10.3. The van der Waals surface area contributed by atoms with Crippen molar-refractivity contribution < 1.29 is 9.84 Å². The van der Waals surface area contributed by atoms with Gasteiger partial charge in [-0.15, -0.1) is 0 Å². The Bertz CT molecular complexity index is 620. The van der Waals surface area contributed by atoms with Gasteiger partial charge in [-0.25, -0.2) is 0 Å². The first-order valence-electron chi connectivity index (χ1n) is 11.6. The maximum Gasteiger partial charge on any atom is 0.122 e. The number of rotatable bonds is 9. The van der Waals surface area contributed by atoms with Crippen LogP contribution in [-0.2, 0) is 0 Å². The highest BCUT2D eigenvalue weighted by atomic mass is 16.5. The Kier molecular flexibility index (Phi) is 6.04. The number of hydrogen-bond acceptors (Lipinski definition) is 3. The molecule has 4 saturated carbocycles. The highest BCUT2D eigenvalue weighted by Gasteiger charge is 2.53. The molecule has 4 aliphatic rings. The predicted molar refractivity (Wildman–Crippen MR) is 115 cm³/mol. The average Bonchev–Trinajstić information content (AvgIpc) is 2.65. The van der Waals surface area contributed by atoms with Crippen molar-refractivity contribution in [2.75, 3.05) is 13.2 Å². The van der Waals surface area contributed by atoms with Crippen molar-refractivity contribution in [3.63, 3.8) is 0 Å². The monoisotopic (exact) mass is 385 g/mol. The molecule has 4 aliphatic carbocycles. The fourth-order valence-electron chi connectivity index (χ4n) is 7.01. The van der Waals surface area contributed by atoms with Gasteiger partial charge in [-0.3, -0.25) is 0 Å². The summed E-state index contributed by atoms with van der Waals surface area (Å²) in [5, 5.41) is 14.3. The molecule has 0 aromatic heterocycles. The van der Waals surface area contributed by atoms with Gasteiger partial charge in [-0.1, -0.05) is 39.0 Å². The first kappa shape index (κ1) is 20.2. The van der Waals surface area contributed by atoms with Crippen LogP contribution in [0.15, 0.2) is 24.3 Å². The molecule has 5 rings (SSSR count). The molecular formula is C25H39NO2. The maximum atomic E-state index is 10.6. The van der Waals surface area contributed by atoms with Gasteiger partial charge < -0.3 is 15.2 Å². The lowest BCUT2D eigenvalue weighted by molar-refractivity contribution is -0.0760. The van der Waals surface area contributed by atoms with E-state index >= 15 is 0 Å². The van der Waals surface area contributed by atoms with E-state index in [0.29, 0.717) is 30.5 Å². The van der Waals surface area contributed by atoms with Gasteiger partial charge in [-0.2, -0.15) is 0 Å². The highest BCUT2D eigenvalue weighted by Crippen LogP contribution is 2.61. The van der Waals surface area contributed by atoms with E-state index in [4.69, 9.17) is 4.74 Å². The van der Waals surface area contributed by atoms with E-state index in [1.807, 2.05) is 12.1 Å². The van der Waals surface area contributed by atoms with Crippen LogP contribution < -0.4 is 10.1 Å². The van der Waals surface area contributed by atoms with Gasteiger partial charge in [0.15, 0.2) is 0 Å². The number of benzene rings is 1. The molecule has 2 N–H and O–H groups in total. The number of nitrogens with one attached hydrogen (secondary N) is 1. The van der Waals surface area contributed by atoms with Crippen molar-refractivity contribution in [3.05, 3.63) is 29.8 Å². The molecule has 3 nitrogen and oxygen atoms in total. The van der Waals surface area contributed by atoms with Gasteiger partial charge >= 0.3 is 0 Å². The molecule has 28 heavy (non-hydrogen) atoms. The SMILES string of the molecule is CC[C@H](NC[C@H](O)COc1ccccc1C(C)C)C12CC3CC(CC(C3)C1)C2. The summed E-state index contributed by atoms with van der Waals surface area (Å²) in [7, 11) is 0. The lowest BCUT2D eigenvalue weighted by atomic mass is 9.47. The Morgan fingerprint density at radius 2 is 1.68 bits per heavy atom. The van der Waals surface area contributed by atoms with Gasteiger partial charge in [0.05, 0.1) is 0 Å². The summed E-state index contributed by atoms with van der Waals surface area (Å²) in [6.07, 6.45) is 9.40. The average molecular weight is 386 g/mol. The number of hydrogen-bond donors (Lipinski definition) is 2. The van der Waals surface area contributed by atoms with Crippen molar-refractivity contribution in [1.29, 1.82) is 0 Å². The van der Waals surface area contributed by atoms with Gasteiger partial charge in [0.2, 0.25) is 0 Å². The van der Waals surface area contributed by atoms with Crippen molar-refractivity contribution in [2.45, 2.75) is 83.8 Å². The Labute approximate surface area is 171 Å². The number of ether oxygens (including phenoxy) is 1. The van der Waals surface area contributed by atoms with Crippen LogP contribution in [0.3, 0.4) is 0 Å². The van der Waals surface area contributed by atoms with Crippen molar-refractivity contribution >= 4 is 0 Å². The van der Waals surface area contributed by atoms with Crippen LogP contribution in [-0.4, -0.2) is 30.4 Å². The third kappa shape index (κ3) is 4.11. The molecule has 4 fully saturated rings. The summed E-state index contributed by atoms with van der Waals surface area (Å²) in [6, 6.07) is 8.73. The normalized spacial score (nSPS) is 33.2. The number of aliphatic hydroxyl groups is 1. The lowest BCUT2D eigenvalue weighted by Gasteiger charge is -2.59. The fraction of sp³-hybridized carbons (Fsp3) is 0.760. The zero-order chi connectivity index (χ0) is 19.7. The summed E-state index contributed by atoms with van der Waals surface area (Å²) >= 11 is 0. The van der Waals surface area contributed by atoms with Crippen LogP contribution in [0, 0.1) is 23.2 Å². The summed E-state index contributed by atoms with van der Waals surface area (Å²) in [5.74, 6) is 4.25. The van der Waals surface area contributed by atoms with Gasteiger partial charge in [0.25, 0.3) is 0 Å².